The van der Waals surface area contributed by atoms with Gasteiger partial charge in [0.05, 0.1) is 0 Å². The molecule has 0 aromatic heterocycles. The highest BCUT2D eigenvalue weighted by atomic mass is 19.1. The molecule has 4 heteroatoms. The van der Waals surface area contributed by atoms with Crippen molar-refractivity contribution in [1.29, 1.82) is 0 Å². The average Bonchev–Trinajstić information content (AvgIpc) is 2.36. The molecule has 1 amide bonds. The predicted molar refractivity (Wildman–Crippen MR) is 84.1 cm³/mol. The minimum atomic E-state index is -0.190. The highest BCUT2D eigenvalue weighted by Gasteiger charge is 2.31. The quantitative estimate of drug-likeness (QED) is 0.834. The van der Waals surface area contributed by atoms with Crippen molar-refractivity contribution in [3.63, 3.8) is 0 Å². The fourth-order valence-corrected chi connectivity index (χ4v) is 3.17. The van der Waals surface area contributed by atoms with E-state index in [2.05, 4.69) is 38.7 Å². The summed E-state index contributed by atoms with van der Waals surface area (Å²) in [7, 11) is 0. The van der Waals surface area contributed by atoms with Crippen LogP contribution in [0.2, 0.25) is 0 Å². The third-order valence-electron chi connectivity index (χ3n) is 4.23. The SMILES string of the molecule is CC(=O)N1C[C@@H](C)N(c2cc(F)cc(C(C)C)c2)[C@@H](C)C1. The first-order valence-electron chi connectivity index (χ1n) is 7.64. The lowest BCUT2D eigenvalue weighted by molar-refractivity contribution is -0.130. The minimum Gasteiger partial charge on any atom is -0.362 e. The Morgan fingerprint density at radius 3 is 2.24 bits per heavy atom. The second-order valence-electron chi connectivity index (χ2n) is 6.43. The molecule has 0 spiro atoms. The number of hydrogen-bond donors (Lipinski definition) is 0. The molecule has 3 nitrogen and oxygen atoms in total. The van der Waals surface area contributed by atoms with E-state index in [-0.39, 0.29) is 23.8 Å². The first-order chi connectivity index (χ1) is 9.79. The Morgan fingerprint density at radius 2 is 1.76 bits per heavy atom. The van der Waals surface area contributed by atoms with E-state index in [0.717, 1.165) is 11.3 Å². The molecule has 0 aliphatic carbocycles. The van der Waals surface area contributed by atoms with Crippen molar-refractivity contribution in [2.45, 2.75) is 52.6 Å². The summed E-state index contributed by atoms with van der Waals surface area (Å²) in [6.07, 6.45) is 0. The fraction of sp³-hybridized carbons (Fsp3) is 0.588. The van der Waals surface area contributed by atoms with E-state index >= 15 is 0 Å². The molecule has 0 radical (unpaired) electrons. The Labute approximate surface area is 126 Å². The third kappa shape index (κ3) is 3.36. The lowest BCUT2D eigenvalue weighted by atomic mass is 10.00. The predicted octanol–water partition coefficient (Wildman–Crippen LogP) is 3.39. The standard InChI is InChI=1S/C17H25FN2O/c1-11(2)15-6-16(18)8-17(7-15)20-12(3)9-19(14(5)21)10-13(20)4/h6-8,11-13H,9-10H2,1-5H3/t12-,13+. The van der Waals surface area contributed by atoms with Gasteiger partial charge < -0.3 is 9.80 Å². The number of carbonyl (C=O) groups excluding carboxylic acids is 1. The monoisotopic (exact) mass is 292 g/mol. The van der Waals surface area contributed by atoms with Crippen LogP contribution in [0.4, 0.5) is 10.1 Å². The molecule has 21 heavy (non-hydrogen) atoms. The normalized spacial score (nSPS) is 22.8. The van der Waals surface area contributed by atoms with Gasteiger partial charge in [-0.1, -0.05) is 13.8 Å². The molecule has 0 N–H and O–H groups in total. The number of nitrogens with zero attached hydrogens (tertiary/aromatic N) is 2. The second kappa shape index (κ2) is 6.04. The molecule has 1 aliphatic heterocycles. The van der Waals surface area contributed by atoms with E-state index in [9.17, 15) is 9.18 Å². The van der Waals surface area contributed by atoms with Crippen LogP contribution in [0.5, 0.6) is 0 Å². The van der Waals surface area contributed by atoms with Gasteiger partial charge in [-0.25, -0.2) is 4.39 Å². The molecular formula is C17H25FN2O. The molecule has 1 heterocycles. The van der Waals surface area contributed by atoms with Crippen LogP contribution < -0.4 is 4.90 Å². The van der Waals surface area contributed by atoms with Crippen LogP contribution in [0.15, 0.2) is 18.2 Å². The highest BCUT2D eigenvalue weighted by Crippen LogP contribution is 2.29. The third-order valence-corrected chi connectivity index (χ3v) is 4.23. The van der Waals surface area contributed by atoms with Gasteiger partial charge in [0.25, 0.3) is 0 Å². The molecule has 2 rings (SSSR count). The van der Waals surface area contributed by atoms with E-state index < -0.39 is 0 Å². The van der Waals surface area contributed by atoms with Crippen molar-refractivity contribution in [3.8, 4) is 0 Å². The smallest absolute Gasteiger partial charge is 0.219 e. The summed E-state index contributed by atoms with van der Waals surface area (Å²) in [5.41, 5.74) is 1.93. The van der Waals surface area contributed by atoms with E-state index in [1.165, 1.54) is 0 Å². The molecule has 2 atom stereocenters. The van der Waals surface area contributed by atoms with Crippen LogP contribution in [0, 0.1) is 5.82 Å². The Hall–Kier alpha value is -1.58. The summed E-state index contributed by atoms with van der Waals surface area (Å²) in [5, 5.41) is 0. The average molecular weight is 292 g/mol. The zero-order valence-electron chi connectivity index (χ0n) is 13.6. The van der Waals surface area contributed by atoms with Crippen molar-refractivity contribution in [3.05, 3.63) is 29.6 Å². The summed E-state index contributed by atoms with van der Waals surface area (Å²) in [4.78, 5) is 15.7. The van der Waals surface area contributed by atoms with Crippen LogP contribution in [0.1, 0.15) is 46.1 Å². The van der Waals surface area contributed by atoms with Gasteiger partial charge in [0.15, 0.2) is 0 Å². The van der Waals surface area contributed by atoms with Crippen LogP contribution in [0.3, 0.4) is 0 Å². The maximum absolute atomic E-state index is 13.9. The molecule has 1 saturated heterocycles. The first-order valence-corrected chi connectivity index (χ1v) is 7.64. The van der Waals surface area contributed by atoms with Gasteiger partial charge >= 0.3 is 0 Å². The molecule has 1 aromatic rings. The molecule has 116 valence electrons. The number of hydrogen-bond acceptors (Lipinski definition) is 2. The number of amides is 1. The van der Waals surface area contributed by atoms with Crippen molar-refractivity contribution >= 4 is 11.6 Å². The maximum atomic E-state index is 13.9. The van der Waals surface area contributed by atoms with Gasteiger partial charge in [-0.15, -0.1) is 0 Å². The van der Waals surface area contributed by atoms with Gasteiger partial charge in [0.2, 0.25) is 5.91 Å². The van der Waals surface area contributed by atoms with Crippen molar-refractivity contribution < 1.29 is 9.18 Å². The lowest BCUT2D eigenvalue weighted by Crippen LogP contribution is -2.58. The summed E-state index contributed by atoms with van der Waals surface area (Å²) in [5.74, 6) is 0.212. The van der Waals surface area contributed by atoms with Crippen LogP contribution in [-0.2, 0) is 4.79 Å². The molecule has 1 fully saturated rings. The number of anilines is 1. The van der Waals surface area contributed by atoms with Gasteiger partial charge in [0.1, 0.15) is 5.82 Å². The summed E-state index contributed by atoms with van der Waals surface area (Å²) < 4.78 is 13.9. The highest BCUT2D eigenvalue weighted by molar-refractivity contribution is 5.74. The van der Waals surface area contributed by atoms with Crippen molar-refractivity contribution in [1.82, 2.24) is 4.90 Å². The zero-order chi connectivity index (χ0) is 15.7. The fourth-order valence-electron chi connectivity index (χ4n) is 3.17. The van der Waals surface area contributed by atoms with Gasteiger partial charge in [-0.05, 0) is 43.5 Å². The second-order valence-corrected chi connectivity index (χ2v) is 6.43. The molecule has 1 aliphatic rings. The Morgan fingerprint density at radius 1 is 1.19 bits per heavy atom. The van der Waals surface area contributed by atoms with Gasteiger partial charge in [0, 0.05) is 37.8 Å². The largest absolute Gasteiger partial charge is 0.362 e. The van der Waals surface area contributed by atoms with Crippen LogP contribution in [-0.4, -0.2) is 36.0 Å². The zero-order valence-corrected chi connectivity index (χ0v) is 13.6. The van der Waals surface area contributed by atoms with Crippen molar-refractivity contribution in [2.24, 2.45) is 0 Å². The minimum absolute atomic E-state index is 0.107. The molecule has 1 aromatic carbocycles. The topological polar surface area (TPSA) is 23.6 Å². The maximum Gasteiger partial charge on any atom is 0.219 e. The van der Waals surface area contributed by atoms with Crippen LogP contribution >= 0.6 is 0 Å². The molecule has 0 unspecified atom stereocenters. The number of rotatable bonds is 2. The summed E-state index contributed by atoms with van der Waals surface area (Å²) in [6.45, 7) is 11.3. The molecule has 0 saturated carbocycles. The number of halogens is 1. The number of carbonyl (C=O) groups is 1. The van der Waals surface area contributed by atoms with Crippen molar-refractivity contribution in [2.75, 3.05) is 18.0 Å². The van der Waals surface area contributed by atoms with Crippen LogP contribution in [0.25, 0.3) is 0 Å². The van der Waals surface area contributed by atoms with E-state index in [0.29, 0.717) is 19.0 Å². The summed E-state index contributed by atoms with van der Waals surface area (Å²) >= 11 is 0. The number of benzene rings is 1. The number of piperazine rings is 1. The van der Waals surface area contributed by atoms with E-state index in [1.54, 1.807) is 19.1 Å². The van der Waals surface area contributed by atoms with Gasteiger partial charge in [-0.2, -0.15) is 0 Å². The molecular weight excluding hydrogens is 267 g/mol. The Bertz CT molecular complexity index is 518. The Balaban J connectivity index is 2.31. The molecule has 0 bridgehead atoms. The van der Waals surface area contributed by atoms with E-state index in [4.69, 9.17) is 0 Å². The first kappa shape index (κ1) is 15.8. The summed E-state index contributed by atoms with van der Waals surface area (Å²) in [6, 6.07) is 5.64. The lowest BCUT2D eigenvalue weighted by Gasteiger charge is -2.45. The Kier molecular flexibility index (Phi) is 4.55. The van der Waals surface area contributed by atoms with Gasteiger partial charge in [-0.3, -0.25) is 4.79 Å². The van der Waals surface area contributed by atoms with E-state index in [1.807, 2.05) is 4.90 Å².